The van der Waals surface area contributed by atoms with Crippen molar-refractivity contribution in [2.24, 2.45) is 5.41 Å². The number of fused-ring (bicyclic) bond motifs is 1. The second-order valence-electron chi connectivity index (χ2n) is 9.29. The molecule has 0 aliphatic rings. The van der Waals surface area contributed by atoms with Crippen molar-refractivity contribution in [2.45, 2.75) is 39.4 Å². The second-order valence-corrected chi connectivity index (χ2v) is 9.29. The van der Waals surface area contributed by atoms with Gasteiger partial charge in [0.25, 0.3) is 5.91 Å². The number of hydrogen-bond acceptors (Lipinski definition) is 6. The third-order valence-corrected chi connectivity index (χ3v) is 5.54. The van der Waals surface area contributed by atoms with Crippen LogP contribution < -0.4 is 10.6 Å². The van der Waals surface area contributed by atoms with Gasteiger partial charge in [0.1, 0.15) is 17.4 Å². The Morgan fingerprint density at radius 1 is 1.11 bits per heavy atom. The summed E-state index contributed by atoms with van der Waals surface area (Å²) in [5.74, 6) is -1.80. The lowest BCUT2D eigenvalue weighted by molar-refractivity contribution is -0.126. The zero-order valence-electron chi connectivity index (χ0n) is 19.7. The van der Waals surface area contributed by atoms with Gasteiger partial charge in [0.05, 0.1) is 37.4 Å². The normalized spacial score (nSPS) is 12.4. The molecule has 0 fully saturated rings. The molecule has 35 heavy (non-hydrogen) atoms. The lowest BCUT2D eigenvalue weighted by Gasteiger charge is -2.31. The van der Waals surface area contributed by atoms with Crippen LogP contribution in [0.4, 0.5) is 4.39 Å². The maximum absolute atomic E-state index is 14.8. The van der Waals surface area contributed by atoms with Gasteiger partial charge in [-0.25, -0.2) is 4.39 Å². The maximum Gasteiger partial charge on any atom is 0.273 e. The van der Waals surface area contributed by atoms with Crippen LogP contribution in [0.5, 0.6) is 0 Å². The number of rotatable bonds is 8. The molecule has 3 aromatic rings. The molecule has 9 nitrogen and oxygen atoms in total. The molecule has 1 atom stereocenters. The van der Waals surface area contributed by atoms with Crippen LogP contribution in [-0.2, 0) is 11.3 Å². The molecular formula is C25H28FN5O4. The van der Waals surface area contributed by atoms with Crippen molar-refractivity contribution in [2.75, 3.05) is 13.2 Å². The quantitative estimate of drug-likeness (QED) is 0.386. The van der Waals surface area contributed by atoms with E-state index in [1.807, 2.05) is 6.07 Å². The molecule has 3 rings (SSSR count). The molecule has 184 valence electrons. The number of amides is 2. The van der Waals surface area contributed by atoms with Crippen LogP contribution >= 0.6 is 0 Å². The van der Waals surface area contributed by atoms with Gasteiger partial charge in [-0.05, 0) is 29.2 Å². The van der Waals surface area contributed by atoms with E-state index in [-0.39, 0.29) is 23.1 Å². The second kappa shape index (κ2) is 10.6. The summed E-state index contributed by atoms with van der Waals surface area (Å²) in [6.07, 6.45) is 0. The smallest absolute Gasteiger partial charge is 0.273 e. The lowest BCUT2D eigenvalue weighted by Crippen LogP contribution is -2.56. The minimum Gasteiger partial charge on any atom is -0.394 e. The Balaban J connectivity index is 1.95. The van der Waals surface area contributed by atoms with E-state index in [1.165, 1.54) is 16.8 Å². The Morgan fingerprint density at radius 3 is 2.34 bits per heavy atom. The van der Waals surface area contributed by atoms with E-state index >= 15 is 0 Å². The summed E-state index contributed by atoms with van der Waals surface area (Å²) in [6.45, 7) is 4.50. The molecule has 1 heterocycles. The SMILES string of the molecule is CC(C)(C)[C@H](NC(=O)c1nn(Cc2ccc(C#N)cc2)c2c(F)cccc12)C(=O)NC(CO)CO. The van der Waals surface area contributed by atoms with Crippen molar-refractivity contribution in [1.29, 1.82) is 5.26 Å². The first-order valence-electron chi connectivity index (χ1n) is 11.1. The highest BCUT2D eigenvalue weighted by Crippen LogP contribution is 2.25. The molecule has 0 bridgehead atoms. The third-order valence-electron chi connectivity index (χ3n) is 5.54. The predicted octanol–water partition coefficient (Wildman–Crippen LogP) is 1.71. The van der Waals surface area contributed by atoms with Gasteiger partial charge in [-0.15, -0.1) is 0 Å². The highest BCUT2D eigenvalue weighted by Gasteiger charge is 2.35. The first kappa shape index (κ1) is 25.8. The Hall–Kier alpha value is -3.81. The molecule has 1 aromatic heterocycles. The summed E-state index contributed by atoms with van der Waals surface area (Å²) < 4.78 is 16.2. The van der Waals surface area contributed by atoms with Gasteiger partial charge >= 0.3 is 0 Å². The fourth-order valence-electron chi connectivity index (χ4n) is 3.64. The minimum absolute atomic E-state index is 0.0453. The standard InChI is InChI=1S/C25H28FN5O4/c1-25(2,3)22(24(35)28-17(13-32)14-33)29-23(34)20-18-5-4-6-19(26)21(18)31(30-20)12-16-9-7-15(11-27)8-10-16/h4-10,17,22,32-33H,12-14H2,1-3H3,(H,28,35)(H,29,34)/t22-/m1/s1. The van der Waals surface area contributed by atoms with Gasteiger partial charge < -0.3 is 20.8 Å². The average Bonchev–Trinajstić information content (AvgIpc) is 3.20. The topological polar surface area (TPSA) is 140 Å². The molecular weight excluding hydrogens is 453 g/mol. The predicted molar refractivity (Wildman–Crippen MR) is 127 cm³/mol. The Kier molecular flexibility index (Phi) is 7.84. The number of halogens is 1. The van der Waals surface area contributed by atoms with Gasteiger partial charge in [0, 0.05) is 5.39 Å². The van der Waals surface area contributed by atoms with E-state index in [2.05, 4.69) is 15.7 Å². The van der Waals surface area contributed by atoms with Crippen LogP contribution in [0.25, 0.3) is 10.9 Å². The number of aliphatic hydroxyl groups excluding tert-OH is 2. The Labute approximate surface area is 202 Å². The fourth-order valence-corrected chi connectivity index (χ4v) is 3.64. The summed E-state index contributed by atoms with van der Waals surface area (Å²) in [5, 5.41) is 37.4. The molecule has 0 unspecified atom stereocenters. The first-order chi connectivity index (χ1) is 16.6. The molecule has 0 aliphatic heterocycles. The number of nitrogens with one attached hydrogen (secondary N) is 2. The number of benzene rings is 2. The van der Waals surface area contributed by atoms with Gasteiger partial charge in [0.2, 0.25) is 5.91 Å². The Morgan fingerprint density at radius 2 is 1.77 bits per heavy atom. The van der Waals surface area contributed by atoms with Crippen LogP contribution in [0.1, 0.15) is 42.4 Å². The van der Waals surface area contributed by atoms with Crippen molar-refractivity contribution in [3.63, 3.8) is 0 Å². The van der Waals surface area contributed by atoms with Gasteiger partial charge in [-0.1, -0.05) is 45.0 Å². The lowest BCUT2D eigenvalue weighted by atomic mass is 9.85. The van der Waals surface area contributed by atoms with Crippen LogP contribution in [0.3, 0.4) is 0 Å². The Bertz CT molecular complexity index is 1250. The van der Waals surface area contributed by atoms with Crippen molar-refractivity contribution in [1.82, 2.24) is 20.4 Å². The van der Waals surface area contributed by atoms with Gasteiger partial charge in [0.15, 0.2) is 5.69 Å². The molecule has 10 heteroatoms. The van der Waals surface area contributed by atoms with Crippen molar-refractivity contribution in [3.05, 3.63) is 65.1 Å². The number of nitrogens with zero attached hydrogens (tertiary/aromatic N) is 3. The maximum atomic E-state index is 14.8. The van der Waals surface area contributed by atoms with Crippen LogP contribution in [0.2, 0.25) is 0 Å². The number of aliphatic hydroxyl groups is 2. The van der Waals surface area contributed by atoms with Crippen molar-refractivity contribution < 1.29 is 24.2 Å². The molecule has 4 N–H and O–H groups in total. The van der Waals surface area contributed by atoms with Crippen LogP contribution in [-0.4, -0.2) is 57.1 Å². The molecule has 2 aromatic carbocycles. The minimum atomic E-state index is -1.03. The molecule has 0 spiro atoms. The van der Waals surface area contributed by atoms with E-state index < -0.39 is 48.3 Å². The van der Waals surface area contributed by atoms with E-state index in [1.54, 1.807) is 51.1 Å². The van der Waals surface area contributed by atoms with Crippen molar-refractivity contribution in [3.8, 4) is 6.07 Å². The van der Waals surface area contributed by atoms with E-state index in [9.17, 15) is 24.2 Å². The number of carbonyl (C=O) groups excluding carboxylic acids is 2. The summed E-state index contributed by atoms with van der Waals surface area (Å²) in [6, 6.07) is 11.2. The number of hydrogen-bond donors (Lipinski definition) is 4. The molecule has 0 aliphatic carbocycles. The third kappa shape index (κ3) is 5.82. The highest BCUT2D eigenvalue weighted by molar-refractivity contribution is 6.06. The number of aromatic nitrogens is 2. The monoisotopic (exact) mass is 481 g/mol. The average molecular weight is 482 g/mol. The van der Waals surface area contributed by atoms with Gasteiger partial charge in [-0.2, -0.15) is 10.4 Å². The first-order valence-corrected chi connectivity index (χ1v) is 11.1. The largest absolute Gasteiger partial charge is 0.394 e. The summed E-state index contributed by atoms with van der Waals surface area (Å²) in [7, 11) is 0. The summed E-state index contributed by atoms with van der Waals surface area (Å²) in [4.78, 5) is 26.1. The molecule has 2 amide bonds. The number of nitriles is 1. The number of carbonyl (C=O) groups is 2. The van der Waals surface area contributed by atoms with E-state index in [4.69, 9.17) is 5.26 Å². The number of para-hydroxylation sites is 1. The van der Waals surface area contributed by atoms with Crippen molar-refractivity contribution >= 4 is 22.7 Å². The molecule has 0 radical (unpaired) electrons. The molecule has 0 saturated heterocycles. The van der Waals surface area contributed by atoms with E-state index in [0.29, 0.717) is 5.56 Å². The molecule has 0 saturated carbocycles. The van der Waals surface area contributed by atoms with Crippen LogP contribution in [0, 0.1) is 22.6 Å². The summed E-state index contributed by atoms with van der Waals surface area (Å²) in [5.41, 5.74) is 0.618. The van der Waals surface area contributed by atoms with Crippen LogP contribution in [0.15, 0.2) is 42.5 Å². The zero-order valence-corrected chi connectivity index (χ0v) is 19.7. The highest BCUT2D eigenvalue weighted by atomic mass is 19.1. The van der Waals surface area contributed by atoms with E-state index in [0.717, 1.165) is 5.56 Å². The van der Waals surface area contributed by atoms with Gasteiger partial charge in [-0.3, -0.25) is 14.3 Å². The zero-order chi connectivity index (χ0) is 25.8. The fraction of sp³-hybridized carbons (Fsp3) is 0.360. The summed E-state index contributed by atoms with van der Waals surface area (Å²) >= 11 is 0.